The molecule has 0 bridgehead atoms. The number of halogens is 2. The second-order valence-electron chi connectivity index (χ2n) is 3.00. The lowest BCUT2D eigenvalue weighted by molar-refractivity contribution is -0.141. The molecule has 3 N–H and O–H groups in total. The average molecular weight is 267 g/mol. The van der Waals surface area contributed by atoms with Gasteiger partial charge in [0.1, 0.15) is 11.3 Å². The summed E-state index contributed by atoms with van der Waals surface area (Å²) in [5.41, 5.74) is 0.0276. The lowest BCUT2D eigenvalue weighted by Crippen LogP contribution is -2.22. The molecule has 1 aromatic heterocycles. The molecule has 0 saturated heterocycles. The van der Waals surface area contributed by atoms with Crippen LogP contribution in [0.2, 0.25) is 10.4 Å². The highest BCUT2D eigenvalue weighted by Crippen LogP contribution is 2.25. The van der Waals surface area contributed by atoms with E-state index < -0.39 is 24.6 Å². The summed E-state index contributed by atoms with van der Waals surface area (Å²) in [5.74, 6) is -1.24. The van der Waals surface area contributed by atoms with Crippen LogP contribution in [-0.4, -0.2) is 37.4 Å². The van der Waals surface area contributed by atoms with Gasteiger partial charge in [0, 0.05) is 11.8 Å². The minimum Gasteiger partial charge on any atom is -0.481 e. The van der Waals surface area contributed by atoms with E-state index in [1.54, 1.807) is 0 Å². The van der Waals surface area contributed by atoms with Crippen LogP contribution in [0.1, 0.15) is 18.1 Å². The normalized spacial score (nSPS) is 14.5. The Balaban J connectivity index is 2.87. The van der Waals surface area contributed by atoms with Crippen molar-refractivity contribution in [2.24, 2.45) is 0 Å². The highest BCUT2D eigenvalue weighted by molar-refractivity contribution is 6.32. The third-order valence-electron chi connectivity index (χ3n) is 1.81. The molecule has 0 spiro atoms. The SMILES string of the molecule is O=C(O)CC(O)C(O)c1cnc(Cl)nc1Cl. The summed E-state index contributed by atoms with van der Waals surface area (Å²) >= 11 is 11.1. The molecule has 6 nitrogen and oxygen atoms in total. The molecule has 0 aromatic carbocycles. The van der Waals surface area contributed by atoms with Gasteiger partial charge in [0.2, 0.25) is 5.28 Å². The molecular formula is C8H8Cl2N2O4. The van der Waals surface area contributed by atoms with E-state index in [0.717, 1.165) is 6.20 Å². The fourth-order valence-corrected chi connectivity index (χ4v) is 1.46. The maximum atomic E-state index is 10.3. The smallest absolute Gasteiger partial charge is 0.306 e. The molecule has 1 rings (SSSR count). The molecule has 0 amide bonds. The van der Waals surface area contributed by atoms with E-state index in [1.807, 2.05) is 0 Å². The zero-order valence-electron chi connectivity index (χ0n) is 7.84. The number of hydrogen-bond acceptors (Lipinski definition) is 5. The van der Waals surface area contributed by atoms with Gasteiger partial charge in [-0.3, -0.25) is 4.79 Å². The predicted molar refractivity (Wildman–Crippen MR) is 55.3 cm³/mol. The molecule has 1 aromatic rings. The third kappa shape index (κ3) is 3.28. The van der Waals surface area contributed by atoms with Crippen molar-refractivity contribution in [1.82, 2.24) is 9.97 Å². The van der Waals surface area contributed by atoms with Crippen LogP contribution >= 0.6 is 23.2 Å². The molecule has 16 heavy (non-hydrogen) atoms. The molecule has 0 fully saturated rings. The second-order valence-corrected chi connectivity index (χ2v) is 3.69. The van der Waals surface area contributed by atoms with Crippen molar-refractivity contribution in [2.45, 2.75) is 18.6 Å². The summed E-state index contributed by atoms with van der Waals surface area (Å²) in [7, 11) is 0. The maximum absolute atomic E-state index is 10.3. The largest absolute Gasteiger partial charge is 0.481 e. The van der Waals surface area contributed by atoms with Crippen molar-refractivity contribution in [1.29, 1.82) is 0 Å². The molecule has 0 saturated carbocycles. The topological polar surface area (TPSA) is 104 Å². The molecular weight excluding hydrogens is 259 g/mol. The first kappa shape index (κ1) is 13.1. The minimum atomic E-state index is -1.49. The van der Waals surface area contributed by atoms with Gasteiger partial charge >= 0.3 is 5.97 Å². The van der Waals surface area contributed by atoms with E-state index in [2.05, 4.69) is 9.97 Å². The maximum Gasteiger partial charge on any atom is 0.306 e. The summed E-state index contributed by atoms with van der Waals surface area (Å²) in [6.07, 6.45) is -2.44. The zero-order chi connectivity index (χ0) is 12.3. The van der Waals surface area contributed by atoms with Gasteiger partial charge in [-0.1, -0.05) is 11.6 Å². The van der Waals surface area contributed by atoms with Gasteiger partial charge in [0.25, 0.3) is 0 Å². The number of carbonyl (C=O) groups is 1. The van der Waals surface area contributed by atoms with E-state index >= 15 is 0 Å². The van der Waals surface area contributed by atoms with Crippen molar-refractivity contribution in [3.05, 3.63) is 22.2 Å². The first-order chi connectivity index (χ1) is 7.41. The summed E-state index contributed by atoms with van der Waals surface area (Å²) in [6, 6.07) is 0. The number of rotatable bonds is 4. The number of carboxylic acid groups (broad SMARTS) is 1. The number of aliphatic hydroxyl groups is 2. The molecule has 88 valence electrons. The Morgan fingerprint density at radius 3 is 2.56 bits per heavy atom. The molecule has 0 aliphatic rings. The molecule has 1 heterocycles. The summed E-state index contributed by atoms with van der Waals surface area (Å²) in [6.45, 7) is 0. The summed E-state index contributed by atoms with van der Waals surface area (Å²) < 4.78 is 0. The Morgan fingerprint density at radius 2 is 2.06 bits per heavy atom. The lowest BCUT2D eigenvalue weighted by atomic mass is 10.1. The molecule has 0 aliphatic heterocycles. The second kappa shape index (κ2) is 5.40. The fourth-order valence-electron chi connectivity index (χ4n) is 1.05. The van der Waals surface area contributed by atoms with Gasteiger partial charge in [0.15, 0.2) is 0 Å². The van der Waals surface area contributed by atoms with Crippen molar-refractivity contribution in [2.75, 3.05) is 0 Å². The number of carboxylic acids is 1. The van der Waals surface area contributed by atoms with E-state index in [0.29, 0.717) is 0 Å². The third-order valence-corrected chi connectivity index (χ3v) is 2.29. The number of nitrogens with zero attached hydrogens (tertiary/aromatic N) is 2. The Hall–Kier alpha value is -0.950. The van der Waals surface area contributed by atoms with Gasteiger partial charge in [-0.25, -0.2) is 9.97 Å². The van der Waals surface area contributed by atoms with Crippen LogP contribution < -0.4 is 0 Å². The Bertz CT molecular complexity index is 402. The van der Waals surface area contributed by atoms with Gasteiger partial charge < -0.3 is 15.3 Å². The number of hydrogen-bond donors (Lipinski definition) is 3. The molecule has 8 heteroatoms. The van der Waals surface area contributed by atoms with Gasteiger partial charge in [0.05, 0.1) is 12.5 Å². The quantitative estimate of drug-likeness (QED) is 0.546. The molecule has 0 aliphatic carbocycles. The Kier molecular flexibility index (Phi) is 4.43. The molecule has 2 atom stereocenters. The van der Waals surface area contributed by atoms with Crippen LogP contribution in [0.15, 0.2) is 6.20 Å². The zero-order valence-corrected chi connectivity index (χ0v) is 9.35. The fraction of sp³-hybridized carbons (Fsp3) is 0.375. The first-order valence-electron chi connectivity index (χ1n) is 4.17. The van der Waals surface area contributed by atoms with Gasteiger partial charge in [-0.15, -0.1) is 0 Å². The van der Waals surface area contributed by atoms with Crippen LogP contribution in [0, 0.1) is 0 Å². The van der Waals surface area contributed by atoms with Crippen molar-refractivity contribution in [3.63, 3.8) is 0 Å². The lowest BCUT2D eigenvalue weighted by Gasteiger charge is -2.16. The van der Waals surface area contributed by atoms with E-state index in [4.69, 9.17) is 28.3 Å². The molecule has 0 radical (unpaired) electrons. The predicted octanol–water partition coefficient (Wildman–Crippen LogP) is 0.652. The molecule has 2 unspecified atom stereocenters. The van der Waals surface area contributed by atoms with Crippen molar-refractivity contribution >= 4 is 29.2 Å². The van der Waals surface area contributed by atoms with Gasteiger partial charge in [-0.2, -0.15) is 0 Å². The number of aliphatic carboxylic acids is 1. The monoisotopic (exact) mass is 266 g/mol. The minimum absolute atomic E-state index is 0.0276. The highest BCUT2D eigenvalue weighted by Gasteiger charge is 2.24. The average Bonchev–Trinajstić information content (AvgIpc) is 2.15. The van der Waals surface area contributed by atoms with E-state index in [9.17, 15) is 15.0 Å². The van der Waals surface area contributed by atoms with Crippen LogP contribution in [0.5, 0.6) is 0 Å². The first-order valence-corrected chi connectivity index (χ1v) is 4.93. The Morgan fingerprint density at radius 1 is 1.44 bits per heavy atom. The number of aliphatic hydroxyl groups excluding tert-OH is 2. The standard InChI is InChI=1S/C8H8Cl2N2O4/c9-7-3(2-11-8(10)12-7)6(16)4(13)1-5(14)15/h2,4,6,13,16H,1H2,(H,14,15). The van der Waals surface area contributed by atoms with Crippen molar-refractivity contribution < 1.29 is 20.1 Å². The van der Waals surface area contributed by atoms with Crippen LogP contribution in [0.4, 0.5) is 0 Å². The van der Waals surface area contributed by atoms with E-state index in [-0.39, 0.29) is 16.0 Å². The van der Waals surface area contributed by atoms with Crippen molar-refractivity contribution in [3.8, 4) is 0 Å². The van der Waals surface area contributed by atoms with Crippen LogP contribution in [-0.2, 0) is 4.79 Å². The Labute approximate surface area is 100 Å². The van der Waals surface area contributed by atoms with E-state index in [1.165, 1.54) is 0 Å². The van der Waals surface area contributed by atoms with Gasteiger partial charge in [-0.05, 0) is 11.6 Å². The number of aromatic nitrogens is 2. The summed E-state index contributed by atoms with van der Waals surface area (Å²) in [4.78, 5) is 17.5. The van der Waals surface area contributed by atoms with Crippen LogP contribution in [0.3, 0.4) is 0 Å². The highest BCUT2D eigenvalue weighted by atomic mass is 35.5. The van der Waals surface area contributed by atoms with Crippen LogP contribution in [0.25, 0.3) is 0 Å². The summed E-state index contributed by atoms with van der Waals surface area (Å²) in [5, 5.41) is 27.2.